The largest absolute Gasteiger partial charge is 0.459 e. The minimum Gasteiger partial charge on any atom is -0.459 e. The summed E-state index contributed by atoms with van der Waals surface area (Å²) < 4.78 is 18.6. The number of nitrogens with zero attached hydrogens (tertiary/aromatic N) is 1. The maximum Gasteiger partial charge on any atom is 0.141 e. The van der Waals surface area contributed by atoms with Gasteiger partial charge in [0, 0.05) is 5.39 Å². The highest BCUT2D eigenvalue weighted by molar-refractivity contribution is 5.77. The van der Waals surface area contributed by atoms with E-state index in [1.807, 2.05) is 30.3 Å². The van der Waals surface area contributed by atoms with Crippen LogP contribution in [0.2, 0.25) is 0 Å². The van der Waals surface area contributed by atoms with Crippen LogP contribution in [0.4, 0.5) is 4.39 Å². The number of aromatic nitrogens is 1. The summed E-state index contributed by atoms with van der Waals surface area (Å²) in [5.74, 6) is 5.81. The van der Waals surface area contributed by atoms with Crippen molar-refractivity contribution in [3.8, 4) is 0 Å². The summed E-state index contributed by atoms with van der Waals surface area (Å²) in [4.78, 5) is 4.02. The predicted molar refractivity (Wildman–Crippen MR) is 69.6 cm³/mol. The number of benzene rings is 1. The number of rotatable bonds is 3. The molecule has 0 bridgehead atoms. The SMILES string of the molecule is NNC(c1ccc(F)cn1)c1cc2ccccc2o1. The Labute approximate surface area is 109 Å². The summed E-state index contributed by atoms with van der Waals surface area (Å²) in [6, 6.07) is 12.1. The summed E-state index contributed by atoms with van der Waals surface area (Å²) in [5, 5.41) is 0.986. The molecule has 4 nitrogen and oxygen atoms in total. The van der Waals surface area contributed by atoms with E-state index in [4.69, 9.17) is 10.3 Å². The number of pyridine rings is 1. The van der Waals surface area contributed by atoms with Crippen LogP contribution in [0.5, 0.6) is 0 Å². The first-order valence-corrected chi connectivity index (χ1v) is 5.84. The average molecular weight is 257 g/mol. The fraction of sp³-hybridized carbons (Fsp3) is 0.0714. The van der Waals surface area contributed by atoms with Gasteiger partial charge < -0.3 is 4.42 Å². The summed E-state index contributed by atoms with van der Waals surface area (Å²) in [5.41, 5.74) is 4.01. The molecular formula is C14H12FN3O. The molecular weight excluding hydrogens is 245 g/mol. The van der Waals surface area contributed by atoms with E-state index in [2.05, 4.69) is 10.4 Å². The molecule has 96 valence electrons. The van der Waals surface area contributed by atoms with Crippen LogP contribution in [0.15, 0.2) is 53.1 Å². The molecule has 0 saturated heterocycles. The Bertz CT molecular complexity index is 660. The van der Waals surface area contributed by atoms with Crippen LogP contribution in [0.25, 0.3) is 11.0 Å². The van der Waals surface area contributed by atoms with Crippen molar-refractivity contribution in [3.63, 3.8) is 0 Å². The van der Waals surface area contributed by atoms with Crippen molar-refractivity contribution in [2.45, 2.75) is 6.04 Å². The standard InChI is InChI=1S/C14H12FN3O/c15-10-5-6-11(17-8-10)14(18-16)13-7-9-3-1-2-4-12(9)19-13/h1-8,14,18H,16H2. The molecule has 0 radical (unpaired) electrons. The van der Waals surface area contributed by atoms with Crippen molar-refractivity contribution >= 4 is 11.0 Å². The molecule has 0 aliphatic heterocycles. The van der Waals surface area contributed by atoms with Gasteiger partial charge in [-0.25, -0.2) is 9.82 Å². The van der Waals surface area contributed by atoms with Crippen LogP contribution in [-0.4, -0.2) is 4.98 Å². The smallest absolute Gasteiger partial charge is 0.141 e. The molecule has 0 aliphatic carbocycles. The highest BCUT2D eigenvalue weighted by atomic mass is 19.1. The average Bonchev–Trinajstić information content (AvgIpc) is 2.85. The third-order valence-corrected chi connectivity index (χ3v) is 2.94. The van der Waals surface area contributed by atoms with Crippen LogP contribution in [0.3, 0.4) is 0 Å². The van der Waals surface area contributed by atoms with E-state index in [1.165, 1.54) is 6.07 Å². The quantitative estimate of drug-likeness (QED) is 0.559. The third kappa shape index (κ3) is 2.21. The molecule has 0 fully saturated rings. The van der Waals surface area contributed by atoms with E-state index in [0.717, 1.165) is 17.2 Å². The van der Waals surface area contributed by atoms with Gasteiger partial charge in [0.05, 0.1) is 11.9 Å². The number of nitrogens with two attached hydrogens (primary N) is 1. The highest BCUT2D eigenvalue weighted by Gasteiger charge is 2.18. The number of hydrogen-bond acceptors (Lipinski definition) is 4. The molecule has 0 amide bonds. The van der Waals surface area contributed by atoms with Gasteiger partial charge in [0.25, 0.3) is 0 Å². The molecule has 0 saturated carbocycles. The van der Waals surface area contributed by atoms with Crippen molar-refractivity contribution in [3.05, 3.63) is 65.9 Å². The monoisotopic (exact) mass is 257 g/mol. The highest BCUT2D eigenvalue weighted by Crippen LogP contribution is 2.26. The van der Waals surface area contributed by atoms with Crippen LogP contribution >= 0.6 is 0 Å². The van der Waals surface area contributed by atoms with Gasteiger partial charge in [-0.05, 0) is 24.3 Å². The summed E-state index contributed by atoms with van der Waals surface area (Å²) in [6.45, 7) is 0. The summed E-state index contributed by atoms with van der Waals surface area (Å²) >= 11 is 0. The zero-order valence-corrected chi connectivity index (χ0v) is 10.0. The number of para-hydroxylation sites is 1. The van der Waals surface area contributed by atoms with Crippen LogP contribution in [-0.2, 0) is 0 Å². The van der Waals surface area contributed by atoms with Gasteiger partial charge in [-0.15, -0.1) is 0 Å². The molecule has 0 aliphatic rings. The lowest BCUT2D eigenvalue weighted by Gasteiger charge is -2.12. The number of hydrogen-bond donors (Lipinski definition) is 2. The lowest BCUT2D eigenvalue weighted by atomic mass is 10.1. The molecule has 3 N–H and O–H groups in total. The van der Waals surface area contributed by atoms with Crippen molar-refractivity contribution in [2.75, 3.05) is 0 Å². The normalized spacial score (nSPS) is 12.7. The van der Waals surface area contributed by atoms with Gasteiger partial charge in [-0.2, -0.15) is 0 Å². The zero-order chi connectivity index (χ0) is 13.2. The first-order valence-electron chi connectivity index (χ1n) is 5.84. The van der Waals surface area contributed by atoms with Crippen molar-refractivity contribution in [2.24, 2.45) is 5.84 Å². The Morgan fingerprint density at radius 3 is 2.74 bits per heavy atom. The van der Waals surface area contributed by atoms with Crippen molar-refractivity contribution in [1.82, 2.24) is 10.4 Å². The van der Waals surface area contributed by atoms with Crippen molar-refractivity contribution < 1.29 is 8.81 Å². The molecule has 5 heteroatoms. The molecule has 1 atom stereocenters. The van der Waals surface area contributed by atoms with E-state index in [-0.39, 0.29) is 5.82 Å². The van der Waals surface area contributed by atoms with E-state index in [1.54, 1.807) is 6.07 Å². The minimum absolute atomic E-state index is 0.385. The van der Waals surface area contributed by atoms with Gasteiger partial charge in [0.15, 0.2) is 0 Å². The lowest BCUT2D eigenvalue weighted by Crippen LogP contribution is -2.29. The Kier molecular flexibility index (Phi) is 2.98. The van der Waals surface area contributed by atoms with Crippen molar-refractivity contribution in [1.29, 1.82) is 0 Å². The van der Waals surface area contributed by atoms with Crippen LogP contribution < -0.4 is 11.3 Å². The fourth-order valence-corrected chi connectivity index (χ4v) is 2.02. The topological polar surface area (TPSA) is 64.1 Å². The third-order valence-electron chi connectivity index (χ3n) is 2.94. The second-order valence-corrected chi connectivity index (χ2v) is 4.19. The van der Waals surface area contributed by atoms with Crippen LogP contribution in [0, 0.1) is 5.82 Å². The molecule has 1 unspecified atom stereocenters. The molecule has 0 spiro atoms. The van der Waals surface area contributed by atoms with Gasteiger partial charge >= 0.3 is 0 Å². The predicted octanol–water partition coefficient (Wildman–Crippen LogP) is 2.52. The number of nitrogens with one attached hydrogen (secondary N) is 1. The van der Waals surface area contributed by atoms with Gasteiger partial charge in [0.1, 0.15) is 23.2 Å². The minimum atomic E-state index is -0.409. The number of fused-ring (bicyclic) bond motifs is 1. The molecule has 2 heterocycles. The number of furan rings is 1. The van der Waals surface area contributed by atoms with E-state index in [0.29, 0.717) is 11.5 Å². The van der Waals surface area contributed by atoms with Gasteiger partial charge in [-0.1, -0.05) is 18.2 Å². The molecule has 2 aromatic heterocycles. The lowest BCUT2D eigenvalue weighted by molar-refractivity contribution is 0.470. The molecule has 3 rings (SSSR count). The Morgan fingerprint density at radius 2 is 2.05 bits per heavy atom. The first-order chi connectivity index (χ1) is 9.28. The second-order valence-electron chi connectivity index (χ2n) is 4.19. The Morgan fingerprint density at radius 1 is 1.21 bits per heavy atom. The fourth-order valence-electron chi connectivity index (χ4n) is 2.02. The summed E-state index contributed by atoms with van der Waals surface area (Å²) in [7, 11) is 0. The first kappa shape index (κ1) is 11.8. The van der Waals surface area contributed by atoms with Gasteiger partial charge in [0.2, 0.25) is 0 Å². The number of halogens is 1. The summed E-state index contributed by atoms with van der Waals surface area (Å²) in [6.07, 6.45) is 1.16. The van der Waals surface area contributed by atoms with Gasteiger partial charge in [-0.3, -0.25) is 10.8 Å². The van der Waals surface area contributed by atoms with Crippen LogP contribution in [0.1, 0.15) is 17.5 Å². The molecule has 3 aromatic rings. The maximum atomic E-state index is 12.9. The Balaban J connectivity index is 2.04. The number of hydrazine groups is 1. The van der Waals surface area contributed by atoms with E-state index in [9.17, 15) is 4.39 Å². The second kappa shape index (κ2) is 4.79. The van der Waals surface area contributed by atoms with E-state index >= 15 is 0 Å². The molecule has 1 aromatic carbocycles. The zero-order valence-electron chi connectivity index (χ0n) is 10.0. The molecule has 19 heavy (non-hydrogen) atoms. The van der Waals surface area contributed by atoms with E-state index < -0.39 is 6.04 Å². The maximum absolute atomic E-state index is 12.9. The Hall–Kier alpha value is -2.24.